The third kappa shape index (κ3) is 2.56. The molecule has 0 aromatic carbocycles. The average molecular weight is 291 g/mol. The van der Waals surface area contributed by atoms with Crippen molar-refractivity contribution in [3.8, 4) is 11.6 Å². The zero-order valence-electron chi connectivity index (χ0n) is 11.8. The van der Waals surface area contributed by atoms with Gasteiger partial charge in [0.15, 0.2) is 5.76 Å². The van der Waals surface area contributed by atoms with E-state index in [1.54, 1.807) is 18.4 Å². The van der Waals surface area contributed by atoms with Crippen molar-refractivity contribution >= 4 is 5.97 Å². The van der Waals surface area contributed by atoms with Crippen LogP contribution in [0.4, 0.5) is 0 Å². The summed E-state index contributed by atoms with van der Waals surface area (Å²) in [6.45, 7) is 3.61. The molecule has 1 fully saturated rings. The molecule has 0 saturated carbocycles. The molecule has 0 spiro atoms. The van der Waals surface area contributed by atoms with Crippen LogP contribution in [-0.2, 0) is 11.3 Å². The van der Waals surface area contributed by atoms with Crippen LogP contribution < -0.4 is 0 Å². The van der Waals surface area contributed by atoms with Crippen LogP contribution in [0.3, 0.4) is 0 Å². The van der Waals surface area contributed by atoms with Gasteiger partial charge in [0.1, 0.15) is 0 Å². The highest BCUT2D eigenvalue weighted by molar-refractivity contribution is 5.75. The third-order valence-corrected chi connectivity index (χ3v) is 4.13. The van der Waals surface area contributed by atoms with E-state index in [0.717, 1.165) is 6.54 Å². The van der Waals surface area contributed by atoms with Crippen molar-refractivity contribution in [3.63, 3.8) is 0 Å². The molecule has 0 amide bonds. The van der Waals surface area contributed by atoms with Crippen molar-refractivity contribution in [1.29, 1.82) is 0 Å². The summed E-state index contributed by atoms with van der Waals surface area (Å²) in [5.41, 5.74) is -0.649. The molecule has 1 saturated heterocycles. The van der Waals surface area contributed by atoms with E-state index in [4.69, 9.17) is 8.94 Å². The molecule has 1 N–H and O–H groups in total. The van der Waals surface area contributed by atoms with Crippen LogP contribution >= 0.6 is 0 Å². The van der Waals surface area contributed by atoms with Gasteiger partial charge in [-0.3, -0.25) is 9.69 Å². The topological polar surface area (TPSA) is 92.6 Å². The summed E-state index contributed by atoms with van der Waals surface area (Å²) in [5, 5.41) is 13.3. The smallest absolute Gasteiger partial charge is 0.310 e. The normalized spacial score (nSPS) is 22.7. The summed E-state index contributed by atoms with van der Waals surface area (Å²) >= 11 is 0. The number of rotatable bonds is 5. The standard InChI is InChI=1S/C14H17N3O4/c1-2-14(13(18)19)5-6-17(9-14)8-11-15-12(16-21-11)10-4-3-7-20-10/h3-4,7H,2,5-6,8-9H2,1H3,(H,18,19). The van der Waals surface area contributed by atoms with Crippen LogP contribution in [0.25, 0.3) is 11.6 Å². The Bertz CT molecular complexity index is 622. The van der Waals surface area contributed by atoms with Crippen molar-refractivity contribution in [2.24, 2.45) is 5.41 Å². The minimum Gasteiger partial charge on any atom is -0.481 e. The fourth-order valence-corrected chi connectivity index (χ4v) is 2.72. The van der Waals surface area contributed by atoms with Crippen molar-refractivity contribution in [1.82, 2.24) is 15.0 Å². The molecule has 0 aliphatic carbocycles. The Labute approximate surface area is 121 Å². The number of carbonyl (C=O) groups is 1. The number of carboxylic acid groups (broad SMARTS) is 1. The Hall–Kier alpha value is -2.15. The van der Waals surface area contributed by atoms with Crippen molar-refractivity contribution < 1.29 is 18.8 Å². The molecule has 1 aliphatic rings. The summed E-state index contributed by atoms with van der Waals surface area (Å²) in [4.78, 5) is 17.7. The van der Waals surface area contributed by atoms with Gasteiger partial charge in [-0.2, -0.15) is 4.98 Å². The fraction of sp³-hybridized carbons (Fsp3) is 0.500. The van der Waals surface area contributed by atoms with Crippen molar-refractivity contribution in [2.75, 3.05) is 13.1 Å². The van der Waals surface area contributed by atoms with E-state index in [9.17, 15) is 9.90 Å². The van der Waals surface area contributed by atoms with Gasteiger partial charge in [-0.25, -0.2) is 0 Å². The average Bonchev–Trinajstić information content (AvgIpc) is 3.19. The maximum absolute atomic E-state index is 11.4. The summed E-state index contributed by atoms with van der Waals surface area (Å²) in [7, 11) is 0. The number of hydrogen-bond acceptors (Lipinski definition) is 6. The van der Waals surface area contributed by atoms with Gasteiger partial charge in [-0.15, -0.1) is 0 Å². The second kappa shape index (κ2) is 5.33. The first kappa shape index (κ1) is 13.8. The summed E-state index contributed by atoms with van der Waals surface area (Å²) in [6.07, 6.45) is 2.83. The Morgan fingerprint density at radius 3 is 3.05 bits per heavy atom. The van der Waals surface area contributed by atoms with E-state index in [1.165, 1.54) is 0 Å². The highest BCUT2D eigenvalue weighted by atomic mass is 16.5. The molecule has 3 rings (SSSR count). The number of nitrogens with zero attached hydrogens (tertiary/aromatic N) is 3. The molecule has 7 nitrogen and oxygen atoms in total. The molecule has 1 atom stereocenters. The SMILES string of the molecule is CCC1(C(=O)O)CCN(Cc2nc(-c3ccco3)no2)C1. The van der Waals surface area contributed by atoms with E-state index in [1.807, 2.05) is 11.8 Å². The largest absolute Gasteiger partial charge is 0.481 e. The number of hydrogen-bond donors (Lipinski definition) is 1. The Morgan fingerprint density at radius 1 is 1.57 bits per heavy atom. The lowest BCUT2D eigenvalue weighted by Gasteiger charge is -2.22. The molecule has 1 unspecified atom stereocenters. The lowest BCUT2D eigenvalue weighted by molar-refractivity contribution is -0.148. The predicted molar refractivity (Wildman–Crippen MR) is 72.3 cm³/mol. The third-order valence-electron chi connectivity index (χ3n) is 4.13. The summed E-state index contributed by atoms with van der Waals surface area (Å²) in [5.74, 6) is 0.710. The second-order valence-corrected chi connectivity index (χ2v) is 5.39. The summed E-state index contributed by atoms with van der Waals surface area (Å²) < 4.78 is 10.4. The number of carboxylic acids is 1. The van der Waals surface area contributed by atoms with Gasteiger partial charge in [0.2, 0.25) is 11.7 Å². The molecule has 0 radical (unpaired) electrons. The molecule has 112 valence electrons. The lowest BCUT2D eigenvalue weighted by atomic mass is 9.84. The van der Waals surface area contributed by atoms with E-state index in [-0.39, 0.29) is 0 Å². The number of aliphatic carboxylic acids is 1. The Kier molecular flexibility index (Phi) is 3.50. The second-order valence-electron chi connectivity index (χ2n) is 5.39. The van der Waals surface area contributed by atoms with Crippen LogP contribution in [-0.4, -0.2) is 39.2 Å². The highest BCUT2D eigenvalue weighted by Crippen LogP contribution is 2.34. The van der Waals surface area contributed by atoms with Crippen molar-refractivity contribution in [3.05, 3.63) is 24.3 Å². The molecule has 1 aliphatic heterocycles. The minimum absolute atomic E-state index is 0.411. The van der Waals surface area contributed by atoms with Crippen molar-refractivity contribution in [2.45, 2.75) is 26.3 Å². The predicted octanol–water partition coefficient (Wildman–Crippen LogP) is 2.02. The zero-order chi connectivity index (χ0) is 14.9. The van der Waals surface area contributed by atoms with Gasteiger partial charge in [-0.05, 0) is 31.5 Å². The first-order chi connectivity index (χ1) is 10.1. The minimum atomic E-state index is -0.727. The van der Waals surface area contributed by atoms with Crippen LogP contribution in [0.1, 0.15) is 25.7 Å². The number of furan rings is 1. The molecule has 0 bridgehead atoms. The van der Waals surface area contributed by atoms with Gasteiger partial charge in [0, 0.05) is 6.54 Å². The zero-order valence-corrected chi connectivity index (χ0v) is 11.8. The van der Waals surface area contributed by atoms with Gasteiger partial charge < -0.3 is 14.0 Å². The number of aromatic nitrogens is 2. The van der Waals surface area contributed by atoms with Crippen LogP contribution in [0.2, 0.25) is 0 Å². The first-order valence-corrected chi connectivity index (χ1v) is 6.95. The molecule has 2 aromatic heterocycles. The molecule has 3 heterocycles. The Morgan fingerprint density at radius 2 is 2.43 bits per heavy atom. The quantitative estimate of drug-likeness (QED) is 0.900. The molecular formula is C14H17N3O4. The van der Waals surface area contributed by atoms with Gasteiger partial charge in [0.05, 0.1) is 18.2 Å². The fourth-order valence-electron chi connectivity index (χ4n) is 2.72. The lowest BCUT2D eigenvalue weighted by Crippen LogP contribution is -2.33. The number of likely N-dealkylation sites (tertiary alicyclic amines) is 1. The van der Waals surface area contributed by atoms with E-state index >= 15 is 0 Å². The highest BCUT2D eigenvalue weighted by Gasteiger charge is 2.43. The van der Waals surface area contributed by atoms with Gasteiger partial charge in [0.25, 0.3) is 0 Å². The van der Waals surface area contributed by atoms with Crippen LogP contribution in [0, 0.1) is 5.41 Å². The molecule has 2 aromatic rings. The maximum atomic E-state index is 11.4. The summed E-state index contributed by atoms with van der Waals surface area (Å²) in [6, 6.07) is 3.52. The van der Waals surface area contributed by atoms with E-state index in [0.29, 0.717) is 43.4 Å². The maximum Gasteiger partial charge on any atom is 0.310 e. The van der Waals surface area contributed by atoms with E-state index in [2.05, 4.69) is 10.1 Å². The van der Waals surface area contributed by atoms with Gasteiger partial charge in [-0.1, -0.05) is 12.1 Å². The Balaban J connectivity index is 1.67. The molecule has 7 heteroatoms. The van der Waals surface area contributed by atoms with Gasteiger partial charge >= 0.3 is 5.97 Å². The van der Waals surface area contributed by atoms with Crippen LogP contribution in [0.15, 0.2) is 27.3 Å². The first-order valence-electron chi connectivity index (χ1n) is 6.95. The molecular weight excluding hydrogens is 274 g/mol. The molecule has 21 heavy (non-hydrogen) atoms. The van der Waals surface area contributed by atoms with Crippen LogP contribution in [0.5, 0.6) is 0 Å². The monoisotopic (exact) mass is 291 g/mol. The van der Waals surface area contributed by atoms with E-state index < -0.39 is 11.4 Å².